The van der Waals surface area contributed by atoms with Crippen molar-refractivity contribution >= 4 is 17.7 Å². The predicted molar refractivity (Wildman–Crippen MR) is 90.6 cm³/mol. The average Bonchev–Trinajstić information content (AvgIpc) is 2.51. The Bertz CT molecular complexity index is 575. The quantitative estimate of drug-likeness (QED) is 0.869. The summed E-state index contributed by atoms with van der Waals surface area (Å²) in [5.74, 6) is -0.414. The number of esters is 1. The van der Waals surface area contributed by atoms with E-state index in [1.165, 1.54) is 5.56 Å². The Morgan fingerprint density at radius 2 is 1.91 bits per heavy atom. The first-order chi connectivity index (χ1) is 10.9. The molecule has 23 heavy (non-hydrogen) atoms. The van der Waals surface area contributed by atoms with Gasteiger partial charge >= 0.3 is 12.0 Å². The van der Waals surface area contributed by atoms with E-state index in [9.17, 15) is 9.59 Å². The third-order valence-electron chi connectivity index (χ3n) is 4.24. The number of ether oxygens (including phenoxy) is 1. The van der Waals surface area contributed by atoms with Crippen molar-refractivity contribution in [2.24, 2.45) is 5.92 Å². The number of aryl methyl sites for hydroxylation is 3. The standard InChI is InChI=1S/C18H26N2O3/c1-5-23-17(21)15-7-6-8-20(11-15)18(22)19-16-13(3)9-12(2)10-14(16)4/h9-10,15H,5-8,11H2,1-4H3,(H,19,22)/t15-/m1/s1. The van der Waals surface area contributed by atoms with E-state index in [0.29, 0.717) is 19.7 Å². The van der Waals surface area contributed by atoms with Gasteiger partial charge in [0.05, 0.1) is 12.5 Å². The lowest BCUT2D eigenvalue weighted by atomic mass is 9.98. The molecule has 1 heterocycles. The second-order valence-corrected chi connectivity index (χ2v) is 6.24. The van der Waals surface area contributed by atoms with Crippen LogP contribution in [0.5, 0.6) is 0 Å². The fourth-order valence-corrected chi connectivity index (χ4v) is 3.18. The Kier molecular flexibility index (Phi) is 5.64. The van der Waals surface area contributed by atoms with E-state index in [-0.39, 0.29) is 17.9 Å². The van der Waals surface area contributed by atoms with E-state index in [2.05, 4.69) is 17.4 Å². The van der Waals surface area contributed by atoms with Crippen molar-refractivity contribution in [3.8, 4) is 0 Å². The first-order valence-electron chi connectivity index (χ1n) is 8.22. The highest BCUT2D eigenvalue weighted by Crippen LogP contribution is 2.24. The molecule has 1 fully saturated rings. The van der Waals surface area contributed by atoms with E-state index in [1.54, 1.807) is 11.8 Å². The molecule has 2 amide bonds. The van der Waals surface area contributed by atoms with E-state index in [4.69, 9.17) is 4.74 Å². The van der Waals surface area contributed by atoms with Gasteiger partial charge in [0, 0.05) is 18.8 Å². The Morgan fingerprint density at radius 3 is 2.52 bits per heavy atom. The largest absolute Gasteiger partial charge is 0.466 e. The summed E-state index contributed by atoms with van der Waals surface area (Å²) in [7, 11) is 0. The molecule has 1 aliphatic heterocycles. The highest BCUT2D eigenvalue weighted by Gasteiger charge is 2.29. The van der Waals surface area contributed by atoms with Crippen LogP contribution in [0.4, 0.5) is 10.5 Å². The van der Waals surface area contributed by atoms with E-state index in [1.807, 2.05) is 20.8 Å². The van der Waals surface area contributed by atoms with E-state index < -0.39 is 0 Å². The van der Waals surface area contributed by atoms with Gasteiger partial charge in [0.2, 0.25) is 0 Å². The van der Waals surface area contributed by atoms with Crippen LogP contribution >= 0.6 is 0 Å². The van der Waals surface area contributed by atoms with Gasteiger partial charge in [0.25, 0.3) is 0 Å². The molecule has 0 unspecified atom stereocenters. The molecule has 1 aromatic carbocycles. The Hall–Kier alpha value is -2.04. The molecule has 2 rings (SSSR count). The zero-order valence-corrected chi connectivity index (χ0v) is 14.4. The molecule has 0 bridgehead atoms. The number of amides is 2. The lowest BCUT2D eigenvalue weighted by Crippen LogP contribution is -2.44. The van der Waals surface area contributed by atoms with Crippen LogP contribution in [0, 0.1) is 26.7 Å². The van der Waals surface area contributed by atoms with Gasteiger partial charge in [-0.05, 0) is 51.7 Å². The average molecular weight is 318 g/mol. The van der Waals surface area contributed by atoms with Crippen LogP contribution in [0.15, 0.2) is 12.1 Å². The molecule has 5 nitrogen and oxygen atoms in total. The van der Waals surface area contributed by atoms with Gasteiger partial charge in [-0.15, -0.1) is 0 Å². The van der Waals surface area contributed by atoms with Crippen molar-refractivity contribution < 1.29 is 14.3 Å². The van der Waals surface area contributed by atoms with Gasteiger partial charge in [-0.3, -0.25) is 4.79 Å². The number of rotatable bonds is 3. The zero-order valence-electron chi connectivity index (χ0n) is 14.4. The number of urea groups is 1. The van der Waals surface area contributed by atoms with Crippen LogP contribution in [-0.2, 0) is 9.53 Å². The monoisotopic (exact) mass is 318 g/mol. The summed E-state index contributed by atoms with van der Waals surface area (Å²) < 4.78 is 5.08. The van der Waals surface area contributed by atoms with Gasteiger partial charge < -0.3 is 15.0 Å². The molecule has 126 valence electrons. The molecule has 1 aromatic rings. The first-order valence-corrected chi connectivity index (χ1v) is 8.22. The van der Waals surface area contributed by atoms with Crippen LogP contribution in [0.2, 0.25) is 0 Å². The number of piperidine rings is 1. The number of nitrogens with one attached hydrogen (secondary N) is 1. The van der Waals surface area contributed by atoms with Crippen LogP contribution in [0.25, 0.3) is 0 Å². The summed E-state index contributed by atoms with van der Waals surface area (Å²) in [4.78, 5) is 26.1. The van der Waals surface area contributed by atoms with Crippen LogP contribution in [0.3, 0.4) is 0 Å². The number of hydrogen-bond acceptors (Lipinski definition) is 3. The van der Waals surface area contributed by atoms with Gasteiger partial charge in [-0.2, -0.15) is 0 Å². The summed E-state index contributed by atoms with van der Waals surface area (Å²) in [6.07, 6.45) is 1.61. The SMILES string of the molecule is CCOC(=O)[C@@H]1CCCN(C(=O)Nc2c(C)cc(C)cc2C)C1. The second-order valence-electron chi connectivity index (χ2n) is 6.24. The van der Waals surface area contributed by atoms with Crippen molar-refractivity contribution in [2.45, 2.75) is 40.5 Å². The molecule has 1 N–H and O–H groups in total. The number of carbonyl (C=O) groups is 2. The van der Waals surface area contributed by atoms with Crippen LogP contribution in [-0.4, -0.2) is 36.6 Å². The molecule has 1 saturated heterocycles. The molecule has 0 spiro atoms. The van der Waals surface area contributed by atoms with Crippen molar-refractivity contribution in [3.05, 3.63) is 28.8 Å². The van der Waals surface area contributed by atoms with E-state index in [0.717, 1.165) is 29.7 Å². The summed E-state index contributed by atoms with van der Waals surface area (Å²) in [5.41, 5.74) is 4.14. The minimum Gasteiger partial charge on any atom is -0.466 e. The maximum absolute atomic E-state index is 12.5. The summed E-state index contributed by atoms with van der Waals surface area (Å²) in [6, 6.07) is 3.97. The first kappa shape index (κ1) is 17.3. The highest BCUT2D eigenvalue weighted by atomic mass is 16.5. The van der Waals surface area contributed by atoms with Gasteiger partial charge in [0.15, 0.2) is 0 Å². The molecule has 0 radical (unpaired) electrons. The Labute approximate surface area is 138 Å². The molecular formula is C18H26N2O3. The van der Waals surface area contributed by atoms with Gasteiger partial charge in [0.1, 0.15) is 0 Å². The van der Waals surface area contributed by atoms with Crippen molar-refractivity contribution in [1.29, 1.82) is 0 Å². The number of likely N-dealkylation sites (tertiary alicyclic amines) is 1. The third kappa shape index (κ3) is 4.24. The van der Waals surface area contributed by atoms with E-state index >= 15 is 0 Å². The lowest BCUT2D eigenvalue weighted by molar-refractivity contribution is -0.149. The van der Waals surface area contributed by atoms with Gasteiger partial charge in [-0.25, -0.2) is 4.79 Å². The number of carbonyl (C=O) groups excluding carboxylic acids is 2. The summed E-state index contributed by atoms with van der Waals surface area (Å²) >= 11 is 0. The van der Waals surface area contributed by atoms with Crippen molar-refractivity contribution in [3.63, 3.8) is 0 Å². The fraction of sp³-hybridized carbons (Fsp3) is 0.556. The smallest absolute Gasteiger partial charge is 0.321 e. The normalized spacial score (nSPS) is 17.7. The number of hydrogen-bond donors (Lipinski definition) is 1. The van der Waals surface area contributed by atoms with Crippen LogP contribution < -0.4 is 5.32 Å². The maximum atomic E-state index is 12.5. The number of benzene rings is 1. The minimum atomic E-state index is -0.213. The zero-order chi connectivity index (χ0) is 17.0. The highest BCUT2D eigenvalue weighted by molar-refractivity contribution is 5.91. The molecule has 5 heteroatoms. The predicted octanol–water partition coefficient (Wildman–Crippen LogP) is 3.42. The fourth-order valence-electron chi connectivity index (χ4n) is 3.18. The number of anilines is 1. The summed E-state index contributed by atoms with van der Waals surface area (Å²) in [6.45, 7) is 9.30. The lowest BCUT2D eigenvalue weighted by Gasteiger charge is -2.32. The van der Waals surface area contributed by atoms with Crippen molar-refractivity contribution in [1.82, 2.24) is 4.90 Å². The van der Waals surface area contributed by atoms with Crippen molar-refractivity contribution in [2.75, 3.05) is 25.0 Å². The molecule has 1 atom stereocenters. The minimum absolute atomic E-state index is 0.144. The maximum Gasteiger partial charge on any atom is 0.321 e. The Morgan fingerprint density at radius 1 is 1.26 bits per heavy atom. The topological polar surface area (TPSA) is 58.6 Å². The van der Waals surface area contributed by atoms with Gasteiger partial charge in [-0.1, -0.05) is 17.7 Å². The molecule has 0 aromatic heterocycles. The molecule has 0 aliphatic carbocycles. The number of nitrogens with zero attached hydrogens (tertiary/aromatic N) is 1. The summed E-state index contributed by atoms with van der Waals surface area (Å²) in [5, 5.41) is 3.00. The molecular weight excluding hydrogens is 292 g/mol. The second kappa shape index (κ2) is 7.49. The van der Waals surface area contributed by atoms with Crippen LogP contribution in [0.1, 0.15) is 36.5 Å². The molecule has 1 aliphatic rings. The molecule has 0 saturated carbocycles. The third-order valence-corrected chi connectivity index (χ3v) is 4.24. The Balaban J connectivity index is 2.05.